The average molecular weight is 797 g/mol. The number of nitrogens with zero attached hydrogens (tertiary/aromatic N) is 3. The second-order valence-corrected chi connectivity index (χ2v) is 13.7. The number of aliphatic imine (C=N–C) groups is 2. The zero-order valence-corrected chi connectivity index (χ0v) is 32.9. The predicted molar refractivity (Wildman–Crippen MR) is 217 cm³/mol. The monoisotopic (exact) mass is 795 g/mol. The molecule has 2 aliphatic rings. The Hall–Kier alpha value is -5.09. The molecule has 3 nitrogen and oxygen atoms in total. The van der Waals surface area contributed by atoms with Gasteiger partial charge in [0, 0.05) is 22.3 Å². The smallest absolute Gasteiger partial charge is 1.00 e. The molecule has 1 aromatic heterocycles. The Morgan fingerprint density at radius 2 is 0.673 bits per heavy atom. The Bertz CT molecular complexity index is 2160. The quantitative estimate of drug-likeness (QED) is 0.174. The fourth-order valence-electron chi connectivity index (χ4n) is 7.83. The first-order chi connectivity index (χ1) is 25.8. The molecule has 0 bridgehead atoms. The van der Waals surface area contributed by atoms with Crippen molar-refractivity contribution in [1.82, 2.24) is 4.98 Å². The first-order valence-corrected chi connectivity index (χ1v) is 18.5. The molecule has 272 valence electrons. The largest absolute Gasteiger partial charge is 2.00 e. The fourth-order valence-corrected chi connectivity index (χ4v) is 7.83. The Balaban J connectivity index is 0.00000171. The topological polar surface area (TPSA) is 37.6 Å². The van der Waals surface area contributed by atoms with Crippen molar-refractivity contribution in [1.29, 1.82) is 0 Å². The van der Waals surface area contributed by atoms with E-state index in [1.165, 1.54) is 11.1 Å². The predicted octanol–water partition coefficient (Wildman–Crippen LogP) is 6.67. The van der Waals surface area contributed by atoms with Crippen LogP contribution in [0.25, 0.3) is 44.5 Å². The van der Waals surface area contributed by atoms with Crippen LogP contribution in [0.2, 0.25) is 0 Å². The number of halogens is 2. The summed E-state index contributed by atoms with van der Waals surface area (Å²) >= 11 is 0. The summed E-state index contributed by atoms with van der Waals surface area (Å²) < 4.78 is 0. The molecule has 0 fully saturated rings. The van der Waals surface area contributed by atoms with Gasteiger partial charge in [0.2, 0.25) is 0 Å². The molecule has 9 rings (SSSR count). The molecular weight excluding hydrogens is 757 g/mol. The number of pyridine rings is 1. The van der Waals surface area contributed by atoms with Gasteiger partial charge in [-0.1, -0.05) is 164 Å². The van der Waals surface area contributed by atoms with E-state index in [1.54, 1.807) is 0 Å². The van der Waals surface area contributed by atoms with Crippen molar-refractivity contribution in [2.24, 2.45) is 9.98 Å². The summed E-state index contributed by atoms with van der Waals surface area (Å²) in [4.78, 5) is 16.7. The number of aryl methyl sites for hydroxylation is 2. The second kappa shape index (κ2) is 18.0. The second-order valence-electron chi connectivity index (χ2n) is 13.7. The van der Waals surface area contributed by atoms with Gasteiger partial charge in [0.1, 0.15) is 0 Å². The van der Waals surface area contributed by atoms with Crippen LogP contribution in [0.15, 0.2) is 174 Å². The van der Waals surface area contributed by atoms with Gasteiger partial charge in [0.15, 0.2) is 0 Å². The van der Waals surface area contributed by atoms with Gasteiger partial charge in [-0.15, -0.1) is 0 Å². The fraction of sp³-hybridized carbons (Fsp3) is 0.122. The van der Waals surface area contributed by atoms with Gasteiger partial charge in [0.05, 0.1) is 34.2 Å². The molecule has 0 unspecified atom stereocenters. The van der Waals surface area contributed by atoms with Gasteiger partial charge in [-0.05, 0) is 71.9 Å². The van der Waals surface area contributed by atoms with Crippen LogP contribution in [0.4, 0.5) is 11.4 Å². The van der Waals surface area contributed by atoms with Crippen molar-refractivity contribution in [2.75, 3.05) is 0 Å². The van der Waals surface area contributed by atoms with Crippen LogP contribution in [0.5, 0.6) is 0 Å². The molecule has 0 amide bonds. The summed E-state index contributed by atoms with van der Waals surface area (Å²) in [5.41, 5.74) is 18.0. The van der Waals surface area contributed by atoms with E-state index in [0.717, 1.165) is 117 Å². The van der Waals surface area contributed by atoms with Crippen molar-refractivity contribution < 1.29 is 41.9 Å². The normalized spacial score (nSPS) is 14.5. The molecule has 6 aromatic carbocycles. The molecule has 0 radical (unpaired) electrons. The molecule has 7 aromatic rings. The minimum absolute atomic E-state index is 0. The maximum Gasteiger partial charge on any atom is 2.00 e. The minimum Gasteiger partial charge on any atom is -1.00 e. The number of hydrogen-bond donors (Lipinski definition) is 0. The average Bonchev–Trinajstić information content (AvgIpc) is 3.22. The third-order valence-electron chi connectivity index (χ3n) is 10.4. The number of benzene rings is 6. The Kier molecular flexibility index (Phi) is 13.0. The number of aromatic nitrogens is 1. The molecule has 1 heterocycles. The van der Waals surface area contributed by atoms with Crippen LogP contribution >= 0.6 is 0 Å². The van der Waals surface area contributed by atoms with Crippen LogP contribution in [-0.4, -0.2) is 16.4 Å². The summed E-state index contributed by atoms with van der Waals surface area (Å²) in [5, 5.41) is 0. The van der Waals surface area contributed by atoms with Crippen LogP contribution < -0.4 is 24.8 Å². The van der Waals surface area contributed by atoms with Crippen LogP contribution in [0.3, 0.4) is 0 Å². The van der Waals surface area contributed by atoms with Crippen molar-refractivity contribution in [3.05, 3.63) is 186 Å². The molecule has 0 aliphatic heterocycles. The minimum atomic E-state index is 0. The number of para-hydroxylation sites is 2. The Morgan fingerprint density at radius 1 is 0.364 bits per heavy atom. The van der Waals surface area contributed by atoms with E-state index in [4.69, 9.17) is 15.0 Å². The maximum atomic E-state index is 5.59. The zero-order chi connectivity index (χ0) is 34.7. The third-order valence-corrected chi connectivity index (χ3v) is 10.4. The molecule has 6 heteroatoms. The summed E-state index contributed by atoms with van der Waals surface area (Å²) in [5.74, 6) is 0. The number of hydrogen-bond acceptors (Lipinski definition) is 3. The van der Waals surface area contributed by atoms with Crippen LogP contribution in [0, 0.1) is 0 Å². The third kappa shape index (κ3) is 8.15. The van der Waals surface area contributed by atoms with Crippen molar-refractivity contribution in [3.63, 3.8) is 0 Å². The molecule has 0 saturated heterocycles. The number of fused-ring (bicyclic) bond motifs is 2. The summed E-state index contributed by atoms with van der Waals surface area (Å²) in [6, 6.07) is 58.0. The van der Waals surface area contributed by atoms with Crippen molar-refractivity contribution >= 4 is 22.8 Å². The Morgan fingerprint density at radius 3 is 0.982 bits per heavy atom. The molecule has 2 aliphatic carbocycles. The summed E-state index contributed by atoms with van der Waals surface area (Å²) in [6.07, 6.45) is 5.93. The SMILES string of the molecule is [Cl-].[Cl-].[Fe+2].c1ccc(-c2cccc(-c3ccccc3)c2N=C2CCCc3cc4c(nc32)C(=Nc2c(-c3ccccc3)cccc2-c2ccccc2)CCC4)cc1. The first kappa shape index (κ1) is 39.6. The van der Waals surface area contributed by atoms with Crippen LogP contribution in [0.1, 0.15) is 48.2 Å². The Labute approximate surface area is 347 Å². The molecule has 0 atom stereocenters. The summed E-state index contributed by atoms with van der Waals surface area (Å²) in [7, 11) is 0. The van der Waals surface area contributed by atoms with E-state index < -0.39 is 0 Å². The van der Waals surface area contributed by atoms with Crippen molar-refractivity contribution in [2.45, 2.75) is 38.5 Å². The first-order valence-electron chi connectivity index (χ1n) is 18.5. The van der Waals surface area contributed by atoms with E-state index in [1.807, 2.05) is 0 Å². The molecular formula is C49H39Cl2FeN3. The zero-order valence-electron chi connectivity index (χ0n) is 30.3. The van der Waals surface area contributed by atoms with Gasteiger partial charge >= 0.3 is 17.1 Å². The van der Waals surface area contributed by atoms with Gasteiger partial charge in [-0.3, -0.25) is 0 Å². The van der Waals surface area contributed by atoms with E-state index in [2.05, 4.69) is 164 Å². The maximum absolute atomic E-state index is 5.59. The van der Waals surface area contributed by atoms with Gasteiger partial charge < -0.3 is 24.8 Å². The van der Waals surface area contributed by atoms with E-state index in [0.29, 0.717) is 0 Å². The van der Waals surface area contributed by atoms with Gasteiger partial charge in [-0.25, -0.2) is 15.0 Å². The van der Waals surface area contributed by atoms with Crippen LogP contribution in [-0.2, 0) is 29.9 Å². The van der Waals surface area contributed by atoms with E-state index >= 15 is 0 Å². The van der Waals surface area contributed by atoms with E-state index in [-0.39, 0.29) is 41.9 Å². The molecule has 55 heavy (non-hydrogen) atoms. The summed E-state index contributed by atoms with van der Waals surface area (Å²) in [6.45, 7) is 0. The molecule has 0 saturated carbocycles. The van der Waals surface area contributed by atoms with E-state index in [9.17, 15) is 0 Å². The standard InChI is InChI=1S/C49H39N3.2ClH.Fe/c1-5-17-34(18-6-1)40-27-15-28-41(35-19-7-2-8-20-35)48(40)50-44-31-13-25-38-33-39-26-14-32-45(47(39)52-46(38)44)51-49-42(36-21-9-3-10-22-36)29-16-30-43(49)37-23-11-4-12-24-37;;;/h1-12,15-24,27-30,33H,13-14,25-26,31-32H2;2*1H;/q;;;+2/p-2. The van der Waals surface area contributed by atoms with Gasteiger partial charge in [-0.2, -0.15) is 0 Å². The number of rotatable bonds is 6. The molecule has 0 N–H and O–H groups in total. The molecule has 0 spiro atoms. The van der Waals surface area contributed by atoms with Crippen molar-refractivity contribution in [3.8, 4) is 44.5 Å². The van der Waals surface area contributed by atoms with Gasteiger partial charge in [0.25, 0.3) is 0 Å².